The molecule has 1 aromatic rings. The zero-order valence-electron chi connectivity index (χ0n) is 6.64. The fourth-order valence-corrected chi connectivity index (χ4v) is 0.764. The molecule has 0 saturated carbocycles. The topological polar surface area (TPSA) is 45.8 Å². The van der Waals surface area contributed by atoms with Gasteiger partial charge in [-0.15, -0.1) is 0 Å². The Labute approximate surface area is 64.8 Å². The van der Waals surface area contributed by atoms with Crippen LogP contribution in [0.1, 0.15) is 17.1 Å². The molecule has 0 saturated heterocycles. The summed E-state index contributed by atoms with van der Waals surface area (Å²) >= 11 is 0. The molecule has 0 aliphatic rings. The molecule has 11 heavy (non-hydrogen) atoms. The Balaban J connectivity index is 3.44. The van der Waals surface area contributed by atoms with E-state index in [4.69, 9.17) is 0 Å². The highest BCUT2D eigenvalue weighted by atomic mass is 16.1. The van der Waals surface area contributed by atoms with Crippen LogP contribution < -0.4 is 5.56 Å². The molecule has 3 nitrogen and oxygen atoms in total. The van der Waals surface area contributed by atoms with Crippen molar-refractivity contribution in [2.75, 3.05) is 0 Å². The fourth-order valence-electron chi connectivity index (χ4n) is 0.764. The number of aryl methyl sites for hydroxylation is 1. The Morgan fingerprint density at radius 1 is 1.55 bits per heavy atom. The van der Waals surface area contributed by atoms with Crippen molar-refractivity contribution < 1.29 is 0 Å². The van der Waals surface area contributed by atoms with E-state index in [9.17, 15) is 4.79 Å². The van der Waals surface area contributed by atoms with Gasteiger partial charge in [-0.1, -0.05) is 6.58 Å². The predicted octanol–water partition coefficient (Wildman–Crippen LogP) is 1.03. The molecule has 0 aromatic carbocycles. The molecule has 1 N–H and O–H groups in total. The standard InChI is InChI=1S/C8H10N2O/c1-4-7-9-6(3)5(2)8(11)10-7/h4H,1H2,2-3H3,(H,9,10,11). The SMILES string of the molecule is C=Cc1nc(C)c(C)c(=O)[nH]1. The van der Waals surface area contributed by atoms with Gasteiger partial charge in [0.05, 0.1) is 0 Å². The molecule has 1 aromatic heterocycles. The largest absolute Gasteiger partial charge is 0.307 e. The highest BCUT2D eigenvalue weighted by molar-refractivity contribution is 5.36. The van der Waals surface area contributed by atoms with Gasteiger partial charge in [-0.25, -0.2) is 4.98 Å². The van der Waals surface area contributed by atoms with E-state index in [0.29, 0.717) is 11.4 Å². The maximum atomic E-state index is 11.1. The van der Waals surface area contributed by atoms with E-state index in [2.05, 4.69) is 16.5 Å². The molecule has 1 rings (SSSR count). The lowest BCUT2D eigenvalue weighted by atomic mass is 10.3. The van der Waals surface area contributed by atoms with Gasteiger partial charge in [-0.2, -0.15) is 0 Å². The molecule has 0 amide bonds. The van der Waals surface area contributed by atoms with Crippen molar-refractivity contribution in [3.63, 3.8) is 0 Å². The molecule has 0 unspecified atom stereocenters. The summed E-state index contributed by atoms with van der Waals surface area (Å²) in [4.78, 5) is 17.7. The lowest BCUT2D eigenvalue weighted by Gasteiger charge is -1.98. The second kappa shape index (κ2) is 2.70. The molecule has 3 heteroatoms. The van der Waals surface area contributed by atoms with Crippen LogP contribution in [0.15, 0.2) is 11.4 Å². The summed E-state index contributed by atoms with van der Waals surface area (Å²) in [6, 6.07) is 0. The first-order valence-electron chi connectivity index (χ1n) is 3.35. The van der Waals surface area contributed by atoms with Crippen molar-refractivity contribution in [2.24, 2.45) is 0 Å². The smallest absolute Gasteiger partial charge is 0.254 e. The number of aromatic amines is 1. The average molecular weight is 150 g/mol. The molecule has 0 bridgehead atoms. The van der Waals surface area contributed by atoms with E-state index in [1.54, 1.807) is 13.8 Å². The minimum absolute atomic E-state index is 0.0904. The van der Waals surface area contributed by atoms with Crippen LogP contribution in [0.5, 0.6) is 0 Å². The maximum absolute atomic E-state index is 11.1. The number of nitrogens with zero attached hydrogens (tertiary/aromatic N) is 1. The lowest BCUT2D eigenvalue weighted by molar-refractivity contribution is 1.00. The van der Waals surface area contributed by atoms with Crippen LogP contribution in [-0.4, -0.2) is 9.97 Å². The number of hydrogen-bond donors (Lipinski definition) is 1. The highest BCUT2D eigenvalue weighted by Crippen LogP contribution is 1.96. The van der Waals surface area contributed by atoms with Crippen molar-refractivity contribution in [2.45, 2.75) is 13.8 Å². The number of nitrogens with one attached hydrogen (secondary N) is 1. The summed E-state index contributed by atoms with van der Waals surface area (Å²) < 4.78 is 0. The van der Waals surface area contributed by atoms with Gasteiger partial charge in [-0.3, -0.25) is 4.79 Å². The Morgan fingerprint density at radius 3 is 2.64 bits per heavy atom. The lowest BCUT2D eigenvalue weighted by Crippen LogP contribution is -2.14. The third kappa shape index (κ3) is 1.37. The minimum Gasteiger partial charge on any atom is -0.307 e. The molecule has 0 fully saturated rings. The van der Waals surface area contributed by atoms with Gasteiger partial charge in [0.15, 0.2) is 0 Å². The molecule has 0 spiro atoms. The molecule has 0 aliphatic heterocycles. The third-order valence-corrected chi connectivity index (χ3v) is 1.61. The molecule has 0 aliphatic carbocycles. The second-order valence-corrected chi connectivity index (χ2v) is 2.37. The maximum Gasteiger partial charge on any atom is 0.254 e. The van der Waals surface area contributed by atoms with Crippen LogP contribution in [0.25, 0.3) is 6.08 Å². The first-order chi connectivity index (χ1) is 5.15. The number of H-pyrrole nitrogens is 1. The van der Waals surface area contributed by atoms with E-state index < -0.39 is 0 Å². The zero-order chi connectivity index (χ0) is 8.43. The first kappa shape index (κ1) is 7.72. The monoisotopic (exact) mass is 150 g/mol. The van der Waals surface area contributed by atoms with Crippen molar-refractivity contribution in [1.29, 1.82) is 0 Å². The van der Waals surface area contributed by atoms with Crippen LogP contribution >= 0.6 is 0 Å². The van der Waals surface area contributed by atoms with Crippen molar-refractivity contribution in [3.8, 4) is 0 Å². The summed E-state index contributed by atoms with van der Waals surface area (Å²) in [7, 11) is 0. The summed E-state index contributed by atoms with van der Waals surface area (Å²) in [5, 5.41) is 0. The predicted molar refractivity (Wildman–Crippen MR) is 44.4 cm³/mol. The van der Waals surface area contributed by atoms with Crippen LogP contribution in [0.3, 0.4) is 0 Å². The van der Waals surface area contributed by atoms with E-state index in [1.807, 2.05) is 0 Å². The molecule has 1 heterocycles. The summed E-state index contributed by atoms with van der Waals surface area (Å²) in [5.41, 5.74) is 1.33. The van der Waals surface area contributed by atoms with Crippen LogP contribution in [0.4, 0.5) is 0 Å². The van der Waals surface area contributed by atoms with E-state index in [-0.39, 0.29) is 5.56 Å². The third-order valence-electron chi connectivity index (χ3n) is 1.61. The second-order valence-electron chi connectivity index (χ2n) is 2.37. The summed E-state index contributed by atoms with van der Waals surface area (Å²) in [5.74, 6) is 0.526. The van der Waals surface area contributed by atoms with Gasteiger partial charge >= 0.3 is 0 Å². The average Bonchev–Trinajstić information content (AvgIpc) is 1.99. The highest BCUT2D eigenvalue weighted by Gasteiger charge is 1.99. The first-order valence-corrected chi connectivity index (χ1v) is 3.35. The van der Waals surface area contributed by atoms with Crippen molar-refractivity contribution >= 4 is 6.08 Å². The van der Waals surface area contributed by atoms with E-state index in [1.165, 1.54) is 6.08 Å². The van der Waals surface area contributed by atoms with Crippen LogP contribution in [-0.2, 0) is 0 Å². The van der Waals surface area contributed by atoms with Crippen molar-refractivity contribution in [1.82, 2.24) is 9.97 Å². The molecule has 0 atom stereocenters. The van der Waals surface area contributed by atoms with Crippen LogP contribution in [0, 0.1) is 13.8 Å². The van der Waals surface area contributed by atoms with Gasteiger partial charge in [0.25, 0.3) is 5.56 Å². The number of hydrogen-bond acceptors (Lipinski definition) is 2. The molecular formula is C8H10N2O. The fraction of sp³-hybridized carbons (Fsp3) is 0.250. The molecular weight excluding hydrogens is 140 g/mol. The Hall–Kier alpha value is -1.38. The molecule has 58 valence electrons. The van der Waals surface area contributed by atoms with Gasteiger partial charge < -0.3 is 4.98 Å². The van der Waals surface area contributed by atoms with Gasteiger partial charge in [0.1, 0.15) is 5.82 Å². The quantitative estimate of drug-likeness (QED) is 0.649. The summed E-state index contributed by atoms with van der Waals surface area (Å²) in [6.07, 6.45) is 1.52. The number of rotatable bonds is 1. The minimum atomic E-state index is -0.0904. The van der Waals surface area contributed by atoms with Crippen LogP contribution in [0.2, 0.25) is 0 Å². The van der Waals surface area contributed by atoms with E-state index >= 15 is 0 Å². The van der Waals surface area contributed by atoms with Crippen molar-refractivity contribution in [3.05, 3.63) is 34.0 Å². The number of aromatic nitrogens is 2. The summed E-state index contributed by atoms with van der Waals surface area (Å²) in [6.45, 7) is 7.06. The zero-order valence-corrected chi connectivity index (χ0v) is 6.64. The Bertz CT molecular complexity index is 338. The Morgan fingerprint density at radius 2 is 2.18 bits per heavy atom. The molecule has 0 radical (unpaired) electrons. The van der Waals surface area contributed by atoms with Gasteiger partial charge in [0.2, 0.25) is 0 Å². The normalized spacial score (nSPS) is 9.64. The van der Waals surface area contributed by atoms with Gasteiger partial charge in [-0.05, 0) is 19.9 Å². The van der Waals surface area contributed by atoms with E-state index in [0.717, 1.165) is 5.69 Å². The van der Waals surface area contributed by atoms with Gasteiger partial charge in [0, 0.05) is 11.3 Å². The Kier molecular flexibility index (Phi) is 1.89.